The van der Waals surface area contributed by atoms with E-state index in [9.17, 15) is 0 Å². The van der Waals surface area contributed by atoms with Crippen molar-refractivity contribution >= 4 is 29.4 Å². The fourth-order valence-electron chi connectivity index (χ4n) is 2.63. The lowest BCUT2D eigenvalue weighted by Crippen LogP contribution is -2.18. The van der Waals surface area contributed by atoms with Gasteiger partial charge in [0, 0.05) is 17.0 Å². The topological polar surface area (TPSA) is 24.7 Å². The van der Waals surface area contributed by atoms with E-state index in [1.807, 2.05) is 56.1 Å². The molecule has 0 amide bonds. The van der Waals surface area contributed by atoms with Crippen molar-refractivity contribution in [3.63, 3.8) is 0 Å². The number of dihydropyridines is 1. The zero-order valence-corrected chi connectivity index (χ0v) is 16.5. The van der Waals surface area contributed by atoms with Crippen molar-refractivity contribution in [3.05, 3.63) is 61.2 Å². The molecule has 0 N–H and O–H groups in total. The van der Waals surface area contributed by atoms with Gasteiger partial charge in [0.1, 0.15) is 0 Å². The van der Waals surface area contributed by atoms with Crippen molar-refractivity contribution in [3.8, 4) is 0 Å². The van der Waals surface area contributed by atoms with E-state index in [2.05, 4.69) is 55.2 Å². The summed E-state index contributed by atoms with van der Waals surface area (Å²) < 4.78 is 0.147. The number of benzene rings is 1. The molecule has 2 atom stereocenters. The van der Waals surface area contributed by atoms with Gasteiger partial charge in [0.25, 0.3) is 0 Å². The third-order valence-electron chi connectivity index (χ3n) is 3.97. The predicted molar refractivity (Wildman–Crippen MR) is 114 cm³/mol. The van der Waals surface area contributed by atoms with Gasteiger partial charge in [0.05, 0.1) is 22.2 Å². The van der Waals surface area contributed by atoms with Crippen LogP contribution in [0.1, 0.15) is 34.1 Å². The molecule has 4 rings (SSSR count). The minimum Gasteiger partial charge on any atom is -0.281 e. The van der Waals surface area contributed by atoms with E-state index < -0.39 is 0 Å². The number of hydrogen-bond donors (Lipinski definition) is 0. The monoisotopic (exact) mass is 352 g/mol. The van der Waals surface area contributed by atoms with Crippen LogP contribution in [0.15, 0.2) is 76.1 Å². The summed E-state index contributed by atoms with van der Waals surface area (Å²) in [4.78, 5) is 10.2. The highest BCUT2D eigenvalue weighted by Gasteiger charge is 2.38. The minimum absolute atomic E-state index is 0.147. The number of allylic oxidation sites excluding steroid dienone is 3. The maximum atomic E-state index is 4.49. The zero-order valence-electron chi connectivity index (χ0n) is 15.7. The highest BCUT2D eigenvalue weighted by Crippen LogP contribution is 2.41. The first kappa shape index (κ1) is 19.5. The Morgan fingerprint density at radius 3 is 2.56 bits per heavy atom. The van der Waals surface area contributed by atoms with Gasteiger partial charge in [-0.2, -0.15) is 0 Å². The molecule has 3 aliphatic rings. The number of thioether (sulfide) groups is 1. The molecule has 25 heavy (non-hydrogen) atoms. The lowest BCUT2D eigenvalue weighted by molar-refractivity contribution is 0.957. The van der Waals surface area contributed by atoms with Crippen molar-refractivity contribution in [2.45, 2.75) is 49.8 Å². The Morgan fingerprint density at radius 2 is 1.88 bits per heavy atom. The maximum absolute atomic E-state index is 4.49. The molecule has 1 fully saturated rings. The number of hydrogen-bond acceptors (Lipinski definition) is 3. The fourth-order valence-corrected chi connectivity index (χ4v) is 3.67. The highest BCUT2D eigenvalue weighted by atomic mass is 32.2. The van der Waals surface area contributed by atoms with Crippen molar-refractivity contribution < 1.29 is 0 Å². The van der Waals surface area contributed by atoms with Crippen LogP contribution >= 0.6 is 11.8 Å². The molecule has 0 aromatic heterocycles. The predicted octanol–water partition coefficient (Wildman–Crippen LogP) is 6.43. The summed E-state index contributed by atoms with van der Waals surface area (Å²) in [6, 6.07) is 8.82. The summed E-state index contributed by atoms with van der Waals surface area (Å²) in [7, 11) is 0. The normalized spacial score (nSPS) is 23.8. The van der Waals surface area contributed by atoms with Gasteiger partial charge in [0.15, 0.2) is 0 Å². The van der Waals surface area contributed by atoms with Crippen molar-refractivity contribution in [1.82, 2.24) is 0 Å². The second kappa shape index (κ2) is 8.48. The van der Waals surface area contributed by atoms with Gasteiger partial charge < -0.3 is 0 Å². The average molecular weight is 353 g/mol. The van der Waals surface area contributed by atoms with Crippen LogP contribution in [0.2, 0.25) is 0 Å². The molecular formula is C22H28N2S. The lowest BCUT2D eigenvalue weighted by atomic mass is 10.1. The fraction of sp³-hybridized carbons (Fsp3) is 0.364. The smallest absolute Gasteiger partial charge is 0.0762 e. The summed E-state index contributed by atoms with van der Waals surface area (Å²) >= 11 is 1.86. The van der Waals surface area contributed by atoms with Crippen LogP contribution < -0.4 is 0 Å². The first-order chi connectivity index (χ1) is 12.0. The average Bonchev–Trinajstić information content (AvgIpc) is 3.40. The van der Waals surface area contributed by atoms with E-state index in [0.29, 0.717) is 12.0 Å². The molecular weight excluding hydrogens is 324 g/mol. The Kier molecular flexibility index (Phi) is 6.60. The van der Waals surface area contributed by atoms with Crippen LogP contribution in [0, 0.1) is 5.92 Å². The van der Waals surface area contributed by atoms with Crippen LogP contribution in [0.4, 0.5) is 5.69 Å². The van der Waals surface area contributed by atoms with E-state index in [-0.39, 0.29) is 4.75 Å². The molecule has 3 heteroatoms. The first-order valence-corrected chi connectivity index (χ1v) is 9.72. The third kappa shape index (κ3) is 5.05. The summed E-state index contributed by atoms with van der Waals surface area (Å²) in [6.45, 7) is 15.8. The van der Waals surface area contributed by atoms with E-state index >= 15 is 0 Å². The standard InChI is InChI=1S/C10H11NS.C10H11N.C2H6/c1-10(2)7-11-8-5-3-4-6-9(8)12-10;1-3-7-5-8-6-10(8)11-9(7)4-2;1-2/h3-7H,1-2H3;3-5,8,10H,1-2,6H2;1-2H3. The molecule has 1 aliphatic carbocycles. The quantitative estimate of drug-likeness (QED) is 0.602. The SMILES string of the molecule is C=CC1=CC2CC2N=C1C=C.CC.CC1(C)C=Nc2ccccc2S1. The zero-order chi connectivity index (χ0) is 18.4. The Balaban J connectivity index is 0.000000165. The first-order valence-electron chi connectivity index (χ1n) is 8.90. The van der Waals surface area contributed by atoms with Gasteiger partial charge in [-0.1, -0.05) is 51.3 Å². The molecule has 2 aliphatic heterocycles. The number of aliphatic imine (C=N–C) groups is 2. The van der Waals surface area contributed by atoms with Crippen LogP contribution in [-0.2, 0) is 0 Å². The molecule has 0 bridgehead atoms. The van der Waals surface area contributed by atoms with Crippen LogP contribution in [-0.4, -0.2) is 22.7 Å². The third-order valence-corrected chi connectivity index (χ3v) is 5.16. The molecule has 1 saturated carbocycles. The van der Waals surface area contributed by atoms with Gasteiger partial charge in [-0.3, -0.25) is 9.98 Å². The molecule has 2 heterocycles. The highest BCUT2D eigenvalue weighted by molar-refractivity contribution is 8.01. The van der Waals surface area contributed by atoms with Crippen LogP contribution in [0.5, 0.6) is 0 Å². The molecule has 1 aromatic rings. The number of fused-ring (bicyclic) bond motifs is 2. The molecule has 132 valence electrons. The molecule has 1 aromatic carbocycles. The Bertz CT molecular complexity index is 697. The summed E-state index contributed by atoms with van der Waals surface area (Å²) in [5.41, 5.74) is 3.26. The van der Waals surface area contributed by atoms with Crippen molar-refractivity contribution in [2.24, 2.45) is 15.9 Å². The van der Waals surface area contributed by atoms with Crippen LogP contribution in [0.25, 0.3) is 0 Å². The van der Waals surface area contributed by atoms with Crippen molar-refractivity contribution in [1.29, 1.82) is 0 Å². The lowest BCUT2D eigenvalue weighted by Gasteiger charge is -2.23. The van der Waals surface area contributed by atoms with E-state index in [1.54, 1.807) is 0 Å². The molecule has 0 saturated heterocycles. The van der Waals surface area contributed by atoms with Gasteiger partial charge in [-0.25, -0.2) is 0 Å². The number of nitrogens with zero attached hydrogens (tertiary/aromatic N) is 2. The summed E-state index contributed by atoms with van der Waals surface area (Å²) in [5.74, 6) is 0.701. The Labute approximate surface area is 156 Å². The number of para-hydroxylation sites is 1. The van der Waals surface area contributed by atoms with Gasteiger partial charge in [-0.15, -0.1) is 11.8 Å². The second-order valence-corrected chi connectivity index (χ2v) is 8.14. The van der Waals surface area contributed by atoms with Crippen LogP contribution in [0.3, 0.4) is 0 Å². The second-order valence-electron chi connectivity index (χ2n) is 6.44. The largest absolute Gasteiger partial charge is 0.281 e. The van der Waals surface area contributed by atoms with Gasteiger partial charge in [0.2, 0.25) is 0 Å². The summed E-state index contributed by atoms with van der Waals surface area (Å²) in [6.07, 6.45) is 9.15. The van der Waals surface area contributed by atoms with Gasteiger partial charge >= 0.3 is 0 Å². The molecule has 2 nitrogen and oxygen atoms in total. The number of rotatable bonds is 2. The minimum atomic E-state index is 0.147. The molecule has 0 radical (unpaired) electrons. The Morgan fingerprint density at radius 1 is 1.16 bits per heavy atom. The van der Waals surface area contributed by atoms with E-state index in [1.165, 1.54) is 11.3 Å². The van der Waals surface area contributed by atoms with E-state index in [4.69, 9.17) is 0 Å². The van der Waals surface area contributed by atoms with E-state index in [0.717, 1.165) is 17.0 Å². The molecule has 0 spiro atoms. The van der Waals surface area contributed by atoms with Gasteiger partial charge in [-0.05, 0) is 44.1 Å². The maximum Gasteiger partial charge on any atom is 0.0762 e. The molecule has 2 unspecified atom stereocenters. The summed E-state index contributed by atoms with van der Waals surface area (Å²) in [5, 5.41) is 0. The van der Waals surface area contributed by atoms with Crippen molar-refractivity contribution in [2.75, 3.05) is 0 Å². The Hall–Kier alpha value is -1.87.